The molecule has 0 radical (unpaired) electrons. The van der Waals surface area contributed by atoms with Crippen molar-refractivity contribution in [3.63, 3.8) is 0 Å². The first-order valence-electron chi connectivity index (χ1n) is 9.66. The van der Waals surface area contributed by atoms with Gasteiger partial charge in [0.05, 0.1) is 12.3 Å². The average Bonchev–Trinajstić information content (AvgIpc) is 3.42. The molecule has 0 aliphatic carbocycles. The first-order valence-corrected chi connectivity index (χ1v) is 10.6. The number of nitrogens with zero attached hydrogens (tertiary/aromatic N) is 2. The lowest BCUT2D eigenvalue weighted by molar-refractivity contribution is 0.0938. The molecule has 0 saturated heterocycles. The number of likely N-dealkylation sites (N-methyl/N-ethyl adjacent to an activating group) is 1. The van der Waals surface area contributed by atoms with E-state index in [1.807, 2.05) is 79.7 Å². The predicted octanol–water partition coefficient (Wildman–Crippen LogP) is 4.75. The van der Waals surface area contributed by atoms with Gasteiger partial charge in [-0.2, -0.15) is 0 Å². The Bertz CT molecular complexity index is 1090. The Kier molecular flexibility index (Phi) is 6.21. The Morgan fingerprint density at radius 2 is 1.90 bits per heavy atom. The third kappa shape index (κ3) is 4.58. The van der Waals surface area contributed by atoms with Crippen molar-refractivity contribution in [2.45, 2.75) is 17.0 Å². The topological polar surface area (TPSA) is 71.5 Å². The van der Waals surface area contributed by atoms with Crippen molar-refractivity contribution in [1.82, 2.24) is 15.2 Å². The van der Waals surface area contributed by atoms with E-state index < -0.39 is 0 Å². The van der Waals surface area contributed by atoms with E-state index in [9.17, 15) is 4.79 Å². The summed E-state index contributed by atoms with van der Waals surface area (Å²) in [5, 5.41) is 3.63. The van der Waals surface area contributed by atoms with Gasteiger partial charge in [-0.05, 0) is 50.0 Å². The number of carbonyl (C=O) groups excluding carboxylic acids is 1. The Morgan fingerprint density at radius 1 is 1.10 bits per heavy atom. The van der Waals surface area contributed by atoms with Gasteiger partial charge in [-0.3, -0.25) is 9.69 Å². The molecule has 2 heterocycles. The number of carbonyl (C=O) groups is 1. The van der Waals surface area contributed by atoms with E-state index in [-0.39, 0.29) is 11.9 Å². The van der Waals surface area contributed by atoms with Gasteiger partial charge in [0, 0.05) is 17.9 Å². The number of nitrogens with one attached hydrogen (secondary N) is 1. The third-order valence-electron chi connectivity index (χ3n) is 4.84. The minimum absolute atomic E-state index is 0.0368. The third-order valence-corrected chi connectivity index (χ3v) is 5.72. The number of benzene rings is 2. The Balaban J connectivity index is 1.43. The molecule has 4 rings (SSSR count). The van der Waals surface area contributed by atoms with E-state index in [0.29, 0.717) is 23.1 Å². The molecule has 1 atom stereocenters. The second-order valence-electron chi connectivity index (χ2n) is 7.10. The van der Waals surface area contributed by atoms with Crippen LogP contribution in [0.15, 0.2) is 81.0 Å². The molecule has 0 fully saturated rings. The predicted molar refractivity (Wildman–Crippen MR) is 117 cm³/mol. The van der Waals surface area contributed by atoms with Gasteiger partial charge in [-0.15, -0.1) is 0 Å². The van der Waals surface area contributed by atoms with Gasteiger partial charge in [0.1, 0.15) is 11.3 Å². The zero-order valence-electron chi connectivity index (χ0n) is 16.9. The van der Waals surface area contributed by atoms with Gasteiger partial charge in [0.25, 0.3) is 11.1 Å². The van der Waals surface area contributed by atoms with Crippen LogP contribution in [0.1, 0.15) is 27.7 Å². The second-order valence-corrected chi connectivity index (χ2v) is 8.02. The normalized spacial score (nSPS) is 12.4. The summed E-state index contributed by atoms with van der Waals surface area (Å²) in [5.74, 6) is 1.30. The van der Waals surface area contributed by atoms with Crippen LogP contribution in [0.3, 0.4) is 0 Å². The maximum absolute atomic E-state index is 12.9. The SMILES string of the molecule is CN(C)C(CNC(=O)c1ccccc1CSc1nc2ccccc2o1)c1ccco1. The minimum atomic E-state index is -0.109. The molecule has 2 aromatic carbocycles. The fraction of sp³-hybridized carbons (Fsp3) is 0.217. The van der Waals surface area contributed by atoms with E-state index in [0.717, 1.165) is 22.4 Å². The quantitative estimate of drug-likeness (QED) is 0.414. The van der Waals surface area contributed by atoms with Gasteiger partial charge in [0.2, 0.25) is 0 Å². The number of oxazole rings is 1. The summed E-state index contributed by atoms with van der Waals surface area (Å²) in [6.45, 7) is 0.450. The molecule has 4 aromatic rings. The van der Waals surface area contributed by atoms with Crippen molar-refractivity contribution in [1.29, 1.82) is 0 Å². The zero-order chi connectivity index (χ0) is 20.9. The molecule has 1 N–H and O–H groups in total. The van der Waals surface area contributed by atoms with E-state index in [1.165, 1.54) is 11.8 Å². The van der Waals surface area contributed by atoms with Gasteiger partial charge in [-0.25, -0.2) is 4.98 Å². The molecule has 1 unspecified atom stereocenters. The molecule has 30 heavy (non-hydrogen) atoms. The molecule has 0 saturated carbocycles. The highest BCUT2D eigenvalue weighted by atomic mass is 32.2. The minimum Gasteiger partial charge on any atom is -0.468 e. The molecule has 2 aromatic heterocycles. The molecular weight excluding hydrogens is 398 g/mol. The number of hydrogen-bond acceptors (Lipinski definition) is 6. The Morgan fingerprint density at radius 3 is 2.67 bits per heavy atom. The molecule has 0 spiro atoms. The van der Waals surface area contributed by atoms with Crippen LogP contribution in [0.2, 0.25) is 0 Å². The monoisotopic (exact) mass is 421 g/mol. The van der Waals surface area contributed by atoms with E-state index >= 15 is 0 Å². The summed E-state index contributed by atoms with van der Waals surface area (Å²) in [7, 11) is 3.93. The maximum atomic E-state index is 12.9. The lowest BCUT2D eigenvalue weighted by Crippen LogP contribution is -2.34. The van der Waals surface area contributed by atoms with Crippen LogP contribution in [-0.2, 0) is 5.75 Å². The highest BCUT2D eigenvalue weighted by Gasteiger charge is 2.19. The molecule has 0 aliphatic rings. The molecule has 7 heteroatoms. The molecule has 154 valence electrons. The van der Waals surface area contributed by atoms with Gasteiger partial charge >= 0.3 is 0 Å². The first kappa shape index (κ1) is 20.3. The van der Waals surface area contributed by atoms with E-state index in [1.54, 1.807) is 6.26 Å². The van der Waals surface area contributed by atoms with Crippen molar-refractivity contribution in [3.05, 3.63) is 83.8 Å². The van der Waals surface area contributed by atoms with Crippen LogP contribution >= 0.6 is 11.8 Å². The molecular formula is C23H23N3O3S. The lowest BCUT2D eigenvalue weighted by atomic mass is 10.1. The second kappa shape index (κ2) is 9.19. The number of fused-ring (bicyclic) bond motifs is 1. The van der Waals surface area contributed by atoms with Crippen molar-refractivity contribution in [2.75, 3.05) is 20.6 Å². The van der Waals surface area contributed by atoms with Crippen molar-refractivity contribution >= 4 is 28.8 Å². The van der Waals surface area contributed by atoms with E-state index in [2.05, 4.69) is 10.3 Å². The lowest BCUT2D eigenvalue weighted by Gasteiger charge is -2.22. The van der Waals surface area contributed by atoms with Gasteiger partial charge in [-0.1, -0.05) is 42.1 Å². The van der Waals surface area contributed by atoms with Crippen LogP contribution < -0.4 is 5.32 Å². The number of hydrogen-bond donors (Lipinski definition) is 1. The van der Waals surface area contributed by atoms with Crippen LogP contribution in [0.4, 0.5) is 0 Å². The summed E-state index contributed by atoms with van der Waals surface area (Å²) >= 11 is 1.48. The number of aromatic nitrogens is 1. The Labute approximate surface area is 179 Å². The molecule has 0 bridgehead atoms. The average molecular weight is 422 g/mol. The van der Waals surface area contributed by atoms with Gasteiger partial charge in [0.15, 0.2) is 5.58 Å². The smallest absolute Gasteiger partial charge is 0.257 e. The van der Waals surface area contributed by atoms with Crippen LogP contribution in [0.5, 0.6) is 0 Å². The number of para-hydroxylation sites is 2. The number of rotatable bonds is 8. The maximum Gasteiger partial charge on any atom is 0.257 e. The summed E-state index contributed by atoms with van der Waals surface area (Å²) in [5.41, 5.74) is 3.18. The largest absolute Gasteiger partial charge is 0.468 e. The molecule has 6 nitrogen and oxygen atoms in total. The summed E-state index contributed by atoms with van der Waals surface area (Å²) < 4.78 is 11.3. The van der Waals surface area contributed by atoms with Crippen LogP contribution in [0, 0.1) is 0 Å². The standard InChI is InChI=1S/C23H23N3O3S/c1-26(2)19(21-12-7-13-28-21)14-24-22(27)17-9-4-3-8-16(17)15-30-23-25-18-10-5-6-11-20(18)29-23/h3-13,19H,14-15H2,1-2H3,(H,24,27). The van der Waals surface area contributed by atoms with Crippen LogP contribution in [0.25, 0.3) is 11.1 Å². The molecule has 1 amide bonds. The highest BCUT2D eigenvalue weighted by Crippen LogP contribution is 2.27. The number of furan rings is 1. The van der Waals surface area contributed by atoms with Crippen molar-refractivity contribution in [3.8, 4) is 0 Å². The summed E-state index contributed by atoms with van der Waals surface area (Å²) in [4.78, 5) is 19.4. The number of amides is 1. The van der Waals surface area contributed by atoms with Gasteiger partial charge < -0.3 is 14.2 Å². The van der Waals surface area contributed by atoms with Crippen molar-refractivity contribution < 1.29 is 13.6 Å². The van der Waals surface area contributed by atoms with E-state index in [4.69, 9.17) is 8.83 Å². The zero-order valence-corrected chi connectivity index (χ0v) is 17.7. The number of thioether (sulfide) groups is 1. The van der Waals surface area contributed by atoms with Crippen molar-refractivity contribution in [2.24, 2.45) is 0 Å². The fourth-order valence-electron chi connectivity index (χ4n) is 3.22. The highest BCUT2D eigenvalue weighted by molar-refractivity contribution is 7.98. The van der Waals surface area contributed by atoms with Crippen LogP contribution in [-0.4, -0.2) is 36.4 Å². The first-order chi connectivity index (χ1) is 14.6. The fourth-order valence-corrected chi connectivity index (χ4v) is 4.07. The molecule has 0 aliphatic heterocycles. The Hall–Kier alpha value is -3.03. The summed E-state index contributed by atoms with van der Waals surface area (Å²) in [6, 6.07) is 19.0. The summed E-state index contributed by atoms with van der Waals surface area (Å²) in [6.07, 6.45) is 1.65.